The molecule has 1 saturated carbocycles. The molecular weight excluding hydrogens is 570 g/mol. The number of carbonyl (C=O) groups excluding carboxylic acids is 2. The van der Waals surface area contributed by atoms with Gasteiger partial charge in [-0.3, -0.25) is 13.9 Å². The molecule has 0 aromatic heterocycles. The number of carbonyl (C=O) groups is 2. The van der Waals surface area contributed by atoms with E-state index in [1.165, 1.54) is 17.0 Å². The van der Waals surface area contributed by atoms with E-state index in [1.54, 1.807) is 37.3 Å². The van der Waals surface area contributed by atoms with E-state index in [0.717, 1.165) is 53.1 Å². The van der Waals surface area contributed by atoms with Gasteiger partial charge < -0.3 is 10.2 Å². The number of hydrogen-bond acceptors (Lipinski definition) is 4. The molecule has 224 valence electrons. The SMILES string of the molecule is Cc1ccc(S(=O)(=O)N(CC(=O)N(CCc2ccccc2)[C@H](C)C(=O)NC2CCCCC2)c2ccc(C)c(Cl)c2)cc1. The highest BCUT2D eigenvalue weighted by Crippen LogP contribution is 2.29. The molecule has 1 aliphatic rings. The quantitative estimate of drug-likeness (QED) is 0.286. The molecular formula is C33H40ClN3O4S. The minimum atomic E-state index is -4.14. The lowest BCUT2D eigenvalue weighted by Crippen LogP contribution is -2.53. The van der Waals surface area contributed by atoms with Gasteiger partial charge in [-0.15, -0.1) is 0 Å². The number of halogens is 1. The van der Waals surface area contributed by atoms with Gasteiger partial charge in [0.15, 0.2) is 0 Å². The first-order valence-electron chi connectivity index (χ1n) is 14.6. The number of hydrogen-bond donors (Lipinski definition) is 1. The van der Waals surface area contributed by atoms with E-state index in [4.69, 9.17) is 11.6 Å². The monoisotopic (exact) mass is 609 g/mol. The molecule has 9 heteroatoms. The van der Waals surface area contributed by atoms with E-state index < -0.39 is 28.5 Å². The van der Waals surface area contributed by atoms with Crippen molar-refractivity contribution >= 4 is 39.1 Å². The highest BCUT2D eigenvalue weighted by Gasteiger charge is 2.33. The number of anilines is 1. The number of nitrogens with zero attached hydrogens (tertiary/aromatic N) is 2. The van der Waals surface area contributed by atoms with Gasteiger partial charge in [-0.2, -0.15) is 0 Å². The van der Waals surface area contributed by atoms with Crippen LogP contribution in [0.15, 0.2) is 77.7 Å². The Balaban J connectivity index is 1.65. The van der Waals surface area contributed by atoms with Crippen molar-refractivity contribution in [3.8, 4) is 0 Å². The van der Waals surface area contributed by atoms with Crippen LogP contribution in [0.25, 0.3) is 0 Å². The number of rotatable bonds is 11. The third-order valence-corrected chi connectivity index (χ3v) is 10.1. The standard InChI is InChI=1S/C33H40ClN3O4S/c1-24-14-18-30(19-15-24)42(40,41)37(29-17-16-25(2)31(34)22-29)23-32(38)36(21-20-27-10-6-4-7-11-27)26(3)33(39)35-28-12-8-5-9-13-28/h4,6-7,10-11,14-19,22,26,28H,5,8-9,12-13,20-21,23H2,1-3H3,(H,35,39)/t26-/m1/s1. The fourth-order valence-electron chi connectivity index (χ4n) is 5.24. The van der Waals surface area contributed by atoms with Crippen molar-refractivity contribution < 1.29 is 18.0 Å². The Kier molecular flexibility index (Phi) is 10.7. The Morgan fingerprint density at radius 1 is 0.952 bits per heavy atom. The van der Waals surface area contributed by atoms with Crippen LogP contribution in [0.4, 0.5) is 5.69 Å². The summed E-state index contributed by atoms with van der Waals surface area (Å²) < 4.78 is 29.0. The van der Waals surface area contributed by atoms with Crippen molar-refractivity contribution in [2.24, 2.45) is 0 Å². The van der Waals surface area contributed by atoms with Gasteiger partial charge >= 0.3 is 0 Å². The molecule has 0 spiro atoms. The second-order valence-electron chi connectivity index (χ2n) is 11.1. The number of benzene rings is 3. The van der Waals surface area contributed by atoms with Crippen molar-refractivity contribution in [1.82, 2.24) is 10.2 Å². The molecule has 3 aromatic rings. The molecule has 4 rings (SSSR count). The van der Waals surface area contributed by atoms with Gasteiger partial charge in [0.25, 0.3) is 10.0 Å². The summed E-state index contributed by atoms with van der Waals surface area (Å²) in [5, 5.41) is 3.52. The van der Waals surface area contributed by atoms with Crippen LogP contribution in [0.3, 0.4) is 0 Å². The lowest BCUT2D eigenvalue weighted by atomic mass is 9.95. The Morgan fingerprint density at radius 3 is 2.26 bits per heavy atom. The van der Waals surface area contributed by atoms with Crippen LogP contribution in [0.2, 0.25) is 5.02 Å². The molecule has 42 heavy (non-hydrogen) atoms. The molecule has 1 fully saturated rings. The van der Waals surface area contributed by atoms with Gasteiger partial charge in [-0.1, -0.05) is 85.0 Å². The van der Waals surface area contributed by atoms with Gasteiger partial charge in [-0.25, -0.2) is 8.42 Å². The first-order chi connectivity index (χ1) is 20.1. The number of aryl methyl sites for hydroxylation is 2. The van der Waals surface area contributed by atoms with E-state index in [2.05, 4.69) is 5.32 Å². The van der Waals surface area contributed by atoms with E-state index in [9.17, 15) is 18.0 Å². The fourth-order valence-corrected chi connectivity index (χ4v) is 6.82. The Hall–Kier alpha value is -3.36. The largest absolute Gasteiger partial charge is 0.352 e. The number of sulfonamides is 1. The topological polar surface area (TPSA) is 86.8 Å². The molecule has 0 saturated heterocycles. The molecule has 3 aromatic carbocycles. The smallest absolute Gasteiger partial charge is 0.264 e. The maximum Gasteiger partial charge on any atom is 0.264 e. The molecule has 0 heterocycles. The van der Waals surface area contributed by atoms with Crippen molar-refractivity contribution in [1.29, 1.82) is 0 Å². The molecule has 7 nitrogen and oxygen atoms in total. The average molecular weight is 610 g/mol. The fraction of sp³-hybridized carbons (Fsp3) is 0.394. The normalized spacial score (nSPS) is 14.7. The molecule has 1 aliphatic carbocycles. The number of amides is 2. The van der Waals surface area contributed by atoms with Crippen LogP contribution >= 0.6 is 11.6 Å². The van der Waals surface area contributed by atoms with Gasteiger partial charge in [0, 0.05) is 17.6 Å². The van der Waals surface area contributed by atoms with Crippen molar-refractivity contribution in [2.75, 3.05) is 17.4 Å². The van der Waals surface area contributed by atoms with Crippen LogP contribution in [-0.2, 0) is 26.0 Å². The molecule has 1 atom stereocenters. The molecule has 0 aliphatic heterocycles. The van der Waals surface area contributed by atoms with Crippen molar-refractivity contribution in [3.63, 3.8) is 0 Å². The summed E-state index contributed by atoms with van der Waals surface area (Å²) in [6.07, 6.45) is 5.68. The van der Waals surface area contributed by atoms with Crippen LogP contribution in [0.5, 0.6) is 0 Å². The zero-order valence-electron chi connectivity index (χ0n) is 24.6. The van der Waals surface area contributed by atoms with Gasteiger partial charge in [0.2, 0.25) is 11.8 Å². The summed E-state index contributed by atoms with van der Waals surface area (Å²) in [6.45, 7) is 5.19. The van der Waals surface area contributed by atoms with E-state index in [-0.39, 0.29) is 29.1 Å². The second-order valence-corrected chi connectivity index (χ2v) is 13.4. The van der Waals surface area contributed by atoms with Gasteiger partial charge in [0.05, 0.1) is 10.6 Å². The predicted octanol–water partition coefficient (Wildman–Crippen LogP) is 6.06. The Bertz CT molecular complexity index is 1470. The maximum atomic E-state index is 14.1. The molecule has 1 N–H and O–H groups in total. The van der Waals surface area contributed by atoms with E-state index in [0.29, 0.717) is 11.4 Å². The summed E-state index contributed by atoms with van der Waals surface area (Å²) in [4.78, 5) is 29.0. The Labute approximate surface area is 254 Å². The van der Waals surface area contributed by atoms with Crippen LogP contribution in [0.1, 0.15) is 55.7 Å². The highest BCUT2D eigenvalue weighted by atomic mass is 35.5. The zero-order valence-corrected chi connectivity index (χ0v) is 26.1. The van der Waals surface area contributed by atoms with Crippen molar-refractivity contribution in [2.45, 2.75) is 76.3 Å². The molecule has 0 unspecified atom stereocenters. The summed E-state index contributed by atoms with van der Waals surface area (Å²) in [7, 11) is -4.14. The average Bonchev–Trinajstić information content (AvgIpc) is 2.98. The van der Waals surface area contributed by atoms with E-state index >= 15 is 0 Å². The Morgan fingerprint density at radius 2 is 1.62 bits per heavy atom. The summed E-state index contributed by atoms with van der Waals surface area (Å²) in [6, 6.07) is 20.5. The summed E-state index contributed by atoms with van der Waals surface area (Å²) in [5.74, 6) is -0.695. The summed E-state index contributed by atoms with van der Waals surface area (Å²) in [5.41, 5.74) is 3.00. The minimum absolute atomic E-state index is 0.0662. The van der Waals surface area contributed by atoms with Crippen LogP contribution in [0, 0.1) is 13.8 Å². The maximum absolute atomic E-state index is 14.1. The zero-order chi connectivity index (χ0) is 30.3. The van der Waals surface area contributed by atoms with Gasteiger partial charge in [0.1, 0.15) is 12.6 Å². The second kappa shape index (κ2) is 14.2. The molecule has 0 radical (unpaired) electrons. The predicted molar refractivity (Wildman–Crippen MR) is 168 cm³/mol. The van der Waals surface area contributed by atoms with E-state index in [1.807, 2.05) is 44.2 Å². The molecule has 0 bridgehead atoms. The first kappa shape index (κ1) is 31.6. The minimum Gasteiger partial charge on any atom is -0.352 e. The number of nitrogens with one attached hydrogen (secondary N) is 1. The highest BCUT2D eigenvalue weighted by molar-refractivity contribution is 7.92. The van der Waals surface area contributed by atoms with Gasteiger partial charge in [-0.05, 0) is 75.4 Å². The third-order valence-electron chi connectivity index (χ3n) is 7.93. The third kappa shape index (κ3) is 7.92. The van der Waals surface area contributed by atoms with Crippen molar-refractivity contribution in [3.05, 3.63) is 94.5 Å². The molecule has 2 amide bonds. The van der Waals surface area contributed by atoms with Crippen LogP contribution < -0.4 is 9.62 Å². The first-order valence-corrected chi connectivity index (χ1v) is 16.4. The lowest BCUT2D eigenvalue weighted by Gasteiger charge is -2.33. The summed E-state index contributed by atoms with van der Waals surface area (Å²) >= 11 is 6.41. The van der Waals surface area contributed by atoms with Crippen LogP contribution in [-0.4, -0.2) is 50.3 Å². The lowest BCUT2D eigenvalue weighted by molar-refractivity contribution is -0.139.